The van der Waals surface area contributed by atoms with Crippen molar-refractivity contribution in [3.63, 3.8) is 0 Å². The van der Waals surface area contributed by atoms with Gasteiger partial charge in [-0.3, -0.25) is 9.69 Å². The van der Waals surface area contributed by atoms with Gasteiger partial charge in [0.05, 0.1) is 11.0 Å². The maximum Gasteiger partial charge on any atom is 0.290 e. The number of likely N-dealkylation sites (tertiary alicyclic amines) is 1. The number of aromatic nitrogens is 2. The van der Waals surface area contributed by atoms with Gasteiger partial charge in [0.1, 0.15) is 0 Å². The fourth-order valence-corrected chi connectivity index (χ4v) is 4.26. The van der Waals surface area contributed by atoms with E-state index < -0.39 is 0 Å². The first-order valence-corrected chi connectivity index (χ1v) is 9.79. The molecule has 0 aromatic carbocycles. The molecular weight excluding hydrogens is 350 g/mol. The van der Waals surface area contributed by atoms with Crippen molar-refractivity contribution < 1.29 is 14.6 Å². The van der Waals surface area contributed by atoms with E-state index in [2.05, 4.69) is 40.8 Å². The molecule has 0 radical (unpaired) electrons. The van der Waals surface area contributed by atoms with Crippen molar-refractivity contribution in [2.24, 2.45) is 5.92 Å². The van der Waals surface area contributed by atoms with Crippen molar-refractivity contribution in [3.05, 3.63) is 35.5 Å². The molecule has 6 nitrogen and oxygen atoms in total. The number of ether oxygens (including phenoxy) is 1. The molecule has 1 aliphatic heterocycles. The second-order valence-corrected chi connectivity index (χ2v) is 7.39. The van der Waals surface area contributed by atoms with Crippen LogP contribution in [0, 0.1) is 5.92 Å². The molecule has 1 saturated heterocycles. The Labute approximate surface area is 158 Å². The molecule has 0 aliphatic carbocycles. The van der Waals surface area contributed by atoms with Crippen LogP contribution < -0.4 is 0 Å². The van der Waals surface area contributed by atoms with Gasteiger partial charge in [-0.25, -0.2) is 9.97 Å². The number of hydrogen-bond acceptors (Lipinski definition) is 6. The number of thiophene rings is 1. The molecule has 0 saturated carbocycles. The summed E-state index contributed by atoms with van der Waals surface area (Å²) in [5.41, 5.74) is 0. The molecular formula is C19H27N3O3S. The van der Waals surface area contributed by atoms with E-state index in [9.17, 15) is 0 Å². The van der Waals surface area contributed by atoms with E-state index in [1.54, 1.807) is 23.7 Å². The molecule has 26 heavy (non-hydrogen) atoms. The highest BCUT2D eigenvalue weighted by Crippen LogP contribution is 2.28. The quantitative estimate of drug-likeness (QED) is 0.776. The van der Waals surface area contributed by atoms with Crippen LogP contribution in [0.25, 0.3) is 10.7 Å². The van der Waals surface area contributed by atoms with E-state index in [1.165, 1.54) is 24.3 Å². The Morgan fingerprint density at radius 1 is 1.31 bits per heavy atom. The fourth-order valence-electron chi connectivity index (χ4n) is 3.26. The third kappa shape index (κ3) is 6.16. The molecule has 142 valence electrons. The Morgan fingerprint density at radius 3 is 2.69 bits per heavy atom. The van der Waals surface area contributed by atoms with Crippen molar-refractivity contribution in [2.75, 3.05) is 19.7 Å². The Morgan fingerprint density at radius 2 is 2.04 bits per heavy atom. The molecule has 2 unspecified atom stereocenters. The van der Waals surface area contributed by atoms with Gasteiger partial charge in [0, 0.05) is 43.5 Å². The molecule has 1 aliphatic rings. The van der Waals surface area contributed by atoms with Gasteiger partial charge in [-0.15, -0.1) is 11.3 Å². The maximum absolute atomic E-state index is 8.36. The van der Waals surface area contributed by atoms with Crippen LogP contribution >= 0.6 is 11.3 Å². The molecule has 1 N–H and O–H groups in total. The second kappa shape index (κ2) is 11.0. The van der Waals surface area contributed by atoms with Crippen molar-refractivity contribution in [1.82, 2.24) is 14.9 Å². The molecule has 0 amide bonds. The van der Waals surface area contributed by atoms with E-state index in [4.69, 9.17) is 14.6 Å². The average Bonchev–Trinajstić information content (AvgIpc) is 3.11. The fraction of sp³-hybridized carbons (Fsp3) is 0.526. The zero-order chi connectivity index (χ0) is 18.8. The first-order valence-electron chi connectivity index (χ1n) is 8.98. The van der Waals surface area contributed by atoms with E-state index >= 15 is 0 Å². The van der Waals surface area contributed by atoms with Crippen LogP contribution in [0.3, 0.4) is 0 Å². The molecule has 2 atom stereocenters. The lowest BCUT2D eigenvalue weighted by Crippen LogP contribution is -2.43. The highest BCUT2D eigenvalue weighted by Gasteiger charge is 2.26. The molecule has 3 rings (SSSR count). The number of carboxylic acid groups (broad SMARTS) is 1. The predicted molar refractivity (Wildman–Crippen MR) is 103 cm³/mol. The van der Waals surface area contributed by atoms with Gasteiger partial charge in [0.2, 0.25) is 0 Å². The van der Waals surface area contributed by atoms with Gasteiger partial charge in [0.15, 0.2) is 5.82 Å². The summed E-state index contributed by atoms with van der Waals surface area (Å²) in [5.74, 6) is 1.57. The molecule has 2 aromatic heterocycles. The van der Waals surface area contributed by atoms with Gasteiger partial charge < -0.3 is 9.84 Å². The molecule has 0 bridgehead atoms. The summed E-state index contributed by atoms with van der Waals surface area (Å²) < 4.78 is 5.90. The monoisotopic (exact) mass is 377 g/mol. The number of hydrogen-bond donors (Lipinski definition) is 1. The minimum absolute atomic E-state index is 0.250. The van der Waals surface area contributed by atoms with E-state index in [0.29, 0.717) is 6.10 Å². The highest BCUT2D eigenvalue weighted by atomic mass is 32.1. The molecule has 3 heterocycles. The summed E-state index contributed by atoms with van der Waals surface area (Å²) >= 11 is 1.80. The third-order valence-electron chi connectivity index (χ3n) is 4.38. The number of piperidine rings is 1. The van der Waals surface area contributed by atoms with Crippen LogP contribution in [-0.2, 0) is 16.1 Å². The topological polar surface area (TPSA) is 75.5 Å². The smallest absolute Gasteiger partial charge is 0.290 e. The third-order valence-corrected chi connectivity index (χ3v) is 5.45. The second-order valence-electron chi connectivity index (χ2n) is 6.23. The molecule has 1 fully saturated rings. The SMILES string of the molecule is CCOC1CC(CC)CN(Cc2ccc(-c3ncccn3)s2)C1.O=CO. The first-order chi connectivity index (χ1) is 12.7. The average molecular weight is 378 g/mol. The minimum atomic E-state index is -0.250. The number of rotatable bonds is 6. The number of nitrogens with zero attached hydrogens (tertiary/aromatic N) is 3. The van der Waals surface area contributed by atoms with Crippen LogP contribution in [0.1, 0.15) is 31.6 Å². The Balaban J connectivity index is 0.000000758. The highest BCUT2D eigenvalue weighted by molar-refractivity contribution is 7.15. The van der Waals surface area contributed by atoms with Crippen LogP contribution in [0.15, 0.2) is 30.6 Å². The van der Waals surface area contributed by atoms with Gasteiger partial charge in [0.25, 0.3) is 6.47 Å². The largest absolute Gasteiger partial charge is 0.483 e. The Kier molecular flexibility index (Phi) is 8.67. The zero-order valence-electron chi connectivity index (χ0n) is 15.4. The standard InChI is InChI=1S/C18H25N3OS.CH2O2/c1-3-14-10-15(22-4-2)12-21(11-14)13-16-6-7-17(23-16)18-19-8-5-9-20-18;2-1-3/h5-9,14-15H,3-4,10-13H2,1-2H3;1H,(H,2,3). The Hall–Kier alpha value is -1.83. The number of carbonyl (C=O) groups is 1. The maximum atomic E-state index is 8.36. The first kappa shape index (κ1) is 20.5. The predicted octanol–water partition coefficient (Wildman–Crippen LogP) is 3.54. The summed E-state index contributed by atoms with van der Waals surface area (Å²) in [4.78, 5) is 22.1. The summed E-state index contributed by atoms with van der Waals surface area (Å²) in [6.07, 6.45) is 6.41. The summed E-state index contributed by atoms with van der Waals surface area (Å²) in [5, 5.41) is 6.89. The van der Waals surface area contributed by atoms with Gasteiger partial charge in [-0.1, -0.05) is 13.3 Å². The zero-order valence-corrected chi connectivity index (χ0v) is 16.2. The summed E-state index contributed by atoms with van der Waals surface area (Å²) in [6.45, 7) is 8.15. The van der Waals surface area contributed by atoms with Crippen molar-refractivity contribution in [3.8, 4) is 10.7 Å². The van der Waals surface area contributed by atoms with Crippen molar-refractivity contribution >= 4 is 17.8 Å². The van der Waals surface area contributed by atoms with Gasteiger partial charge in [-0.05, 0) is 37.5 Å². The summed E-state index contributed by atoms with van der Waals surface area (Å²) in [6, 6.07) is 6.20. The normalized spacial score (nSPS) is 20.2. The minimum Gasteiger partial charge on any atom is -0.483 e. The van der Waals surface area contributed by atoms with Crippen LogP contribution in [0.2, 0.25) is 0 Å². The van der Waals surface area contributed by atoms with Gasteiger partial charge >= 0.3 is 0 Å². The summed E-state index contributed by atoms with van der Waals surface area (Å²) in [7, 11) is 0. The lowest BCUT2D eigenvalue weighted by molar-refractivity contribution is -0.122. The van der Waals surface area contributed by atoms with Crippen LogP contribution in [-0.4, -0.2) is 52.2 Å². The van der Waals surface area contributed by atoms with Gasteiger partial charge in [-0.2, -0.15) is 0 Å². The van der Waals surface area contributed by atoms with E-state index in [1.807, 2.05) is 6.07 Å². The lowest BCUT2D eigenvalue weighted by atomic mass is 9.93. The lowest BCUT2D eigenvalue weighted by Gasteiger charge is -2.37. The molecule has 2 aromatic rings. The Bertz CT molecular complexity index is 650. The molecule has 0 spiro atoms. The van der Waals surface area contributed by atoms with E-state index in [-0.39, 0.29) is 6.47 Å². The molecule has 7 heteroatoms. The van der Waals surface area contributed by atoms with Crippen LogP contribution in [0.5, 0.6) is 0 Å². The van der Waals surface area contributed by atoms with Crippen molar-refractivity contribution in [2.45, 2.75) is 39.3 Å². The van der Waals surface area contributed by atoms with Crippen molar-refractivity contribution in [1.29, 1.82) is 0 Å². The van der Waals surface area contributed by atoms with E-state index in [0.717, 1.165) is 36.3 Å². The van der Waals surface area contributed by atoms with Crippen LogP contribution in [0.4, 0.5) is 0 Å².